The third-order valence-electron chi connectivity index (χ3n) is 3.62. The molecule has 2 aromatic carbocycles. The topological polar surface area (TPSA) is 93.7 Å². The summed E-state index contributed by atoms with van der Waals surface area (Å²) in [5.41, 5.74) is 1.19. The van der Waals surface area contributed by atoms with Crippen molar-refractivity contribution >= 4 is 15.9 Å². The molecule has 140 valence electrons. The van der Waals surface area contributed by atoms with Gasteiger partial charge in [-0.2, -0.15) is 0 Å². The fraction of sp³-hybridized carbons (Fsp3) is 0.278. The minimum atomic E-state index is -3.52. The highest BCUT2D eigenvalue weighted by molar-refractivity contribution is 7.89. The van der Waals surface area contributed by atoms with Crippen LogP contribution in [0.25, 0.3) is 0 Å². The highest BCUT2D eigenvalue weighted by Gasteiger charge is 2.12. The molecule has 0 unspecified atom stereocenters. The van der Waals surface area contributed by atoms with E-state index in [2.05, 4.69) is 10.0 Å². The monoisotopic (exact) mass is 378 g/mol. The van der Waals surface area contributed by atoms with Crippen LogP contribution in [-0.4, -0.2) is 40.8 Å². The molecule has 0 heterocycles. The lowest BCUT2D eigenvalue weighted by molar-refractivity contribution is 0.0955. The lowest BCUT2D eigenvalue weighted by atomic mass is 10.2. The van der Waals surface area contributed by atoms with Gasteiger partial charge < -0.3 is 14.8 Å². The third kappa shape index (κ3) is 6.05. The van der Waals surface area contributed by atoms with Crippen LogP contribution in [-0.2, 0) is 16.6 Å². The second-order valence-electron chi connectivity index (χ2n) is 5.48. The molecule has 0 aliphatic heterocycles. The highest BCUT2D eigenvalue weighted by Crippen LogP contribution is 2.13. The Hall–Kier alpha value is -2.58. The number of ether oxygens (including phenoxy) is 2. The molecule has 0 fully saturated rings. The number of carbonyl (C=O) groups excluding carboxylic acids is 1. The minimum absolute atomic E-state index is 0.00346. The van der Waals surface area contributed by atoms with Crippen molar-refractivity contribution in [3.8, 4) is 11.5 Å². The maximum absolute atomic E-state index is 12.1. The zero-order valence-corrected chi connectivity index (χ0v) is 15.5. The fourth-order valence-corrected chi connectivity index (χ4v) is 3.11. The second kappa shape index (κ2) is 9.21. The molecule has 0 radical (unpaired) electrons. The standard InChI is InChI=1S/C18H22N2O5S/c1-24-16-7-3-5-14(11-16)13-20-26(22,23)10-9-19-18(21)15-6-4-8-17(12-15)25-2/h3-8,11-12,20H,9-10,13H2,1-2H3,(H,19,21). The van der Waals surface area contributed by atoms with Gasteiger partial charge in [0.1, 0.15) is 11.5 Å². The van der Waals surface area contributed by atoms with Crippen molar-refractivity contribution in [2.24, 2.45) is 0 Å². The van der Waals surface area contributed by atoms with Crippen LogP contribution in [0.4, 0.5) is 0 Å². The van der Waals surface area contributed by atoms with E-state index in [1.54, 1.807) is 55.6 Å². The van der Waals surface area contributed by atoms with Gasteiger partial charge >= 0.3 is 0 Å². The van der Waals surface area contributed by atoms with Gasteiger partial charge in [-0.15, -0.1) is 0 Å². The molecule has 26 heavy (non-hydrogen) atoms. The number of sulfonamides is 1. The first-order valence-corrected chi connectivity index (χ1v) is 9.61. The smallest absolute Gasteiger partial charge is 0.251 e. The van der Waals surface area contributed by atoms with Gasteiger partial charge in [0, 0.05) is 18.7 Å². The van der Waals surface area contributed by atoms with Gasteiger partial charge in [0.15, 0.2) is 0 Å². The predicted octanol–water partition coefficient (Wildman–Crippen LogP) is 1.55. The van der Waals surface area contributed by atoms with Gasteiger partial charge in [0.25, 0.3) is 5.91 Å². The van der Waals surface area contributed by atoms with E-state index < -0.39 is 10.0 Å². The molecule has 0 spiro atoms. The Bertz CT molecular complexity index is 852. The molecule has 2 N–H and O–H groups in total. The molecule has 0 atom stereocenters. The lowest BCUT2D eigenvalue weighted by Crippen LogP contribution is -2.34. The molecule has 0 aliphatic carbocycles. The zero-order valence-electron chi connectivity index (χ0n) is 14.7. The Kier molecular flexibility index (Phi) is 6.99. The summed E-state index contributed by atoms with van der Waals surface area (Å²) in [6.45, 7) is 0.160. The first kappa shape index (κ1) is 19.7. The summed E-state index contributed by atoms with van der Waals surface area (Å²) in [7, 11) is -0.459. The molecule has 0 saturated carbocycles. The molecule has 8 heteroatoms. The summed E-state index contributed by atoms with van der Waals surface area (Å²) in [6, 6.07) is 13.8. The number of benzene rings is 2. The van der Waals surface area contributed by atoms with Crippen LogP contribution >= 0.6 is 0 Å². The van der Waals surface area contributed by atoms with Gasteiger partial charge in [-0.25, -0.2) is 13.1 Å². The zero-order chi connectivity index (χ0) is 19.0. The van der Waals surface area contributed by atoms with Crippen LogP contribution in [0.5, 0.6) is 11.5 Å². The van der Waals surface area contributed by atoms with E-state index in [1.165, 1.54) is 7.11 Å². The maximum Gasteiger partial charge on any atom is 0.251 e. The molecule has 0 bridgehead atoms. The summed E-state index contributed by atoms with van der Waals surface area (Å²) < 4.78 is 36.8. The molecule has 2 rings (SSSR count). The summed E-state index contributed by atoms with van der Waals surface area (Å²) in [4.78, 5) is 12.1. The molecule has 0 aliphatic rings. The van der Waals surface area contributed by atoms with Gasteiger partial charge in [-0.05, 0) is 35.9 Å². The van der Waals surface area contributed by atoms with Gasteiger partial charge in [0.05, 0.1) is 20.0 Å². The Balaban J connectivity index is 1.82. The van der Waals surface area contributed by atoms with Crippen LogP contribution in [0, 0.1) is 0 Å². The van der Waals surface area contributed by atoms with Crippen LogP contribution < -0.4 is 19.5 Å². The van der Waals surface area contributed by atoms with E-state index in [4.69, 9.17) is 9.47 Å². The molecule has 1 amide bonds. The van der Waals surface area contributed by atoms with Gasteiger partial charge in [0.2, 0.25) is 10.0 Å². The van der Waals surface area contributed by atoms with Crippen molar-refractivity contribution in [3.63, 3.8) is 0 Å². The Morgan fingerprint density at radius 3 is 2.35 bits per heavy atom. The van der Waals surface area contributed by atoms with Crippen molar-refractivity contribution < 1.29 is 22.7 Å². The highest BCUT2D eigenvalue weighted by atomic mass is 32.2. The number of carbonyl (C=O) groups is 1. The molecular formula is C18H22N2O5S. The minimum Gasteiger partial charge on any atom is -0.497 e. The van der Waals surface area contributed by atoms with Crippen LogP contribution in [0.15, 0.2) is 48.5 Å². The van der Waals surface area contributed by atoms with Crippen LogP contribution in [0.2, 0.25) is 0 Å². The largest absolute Gasteiger partial charge is 0.497 e. The number of nitrogens with one attached hydrogen (secondary N) is 2. The number of amides is 1. The second-order valence-corrected chi connectivity index (χ2v) is 7.41. The molecule has 7 nitrogen and oxygen atoms in total. The predicted molar refractivity (Wildman–Crippen MR) is 98.9 cm³/mol. The lowest BCUT2D eigenvalue weighted by Gasteiger charge is -2.09. The quantitative estimate of drug-likeness (QED) is 0.691. The molecule has 2 aromatic rings. The van der Waals surface area contributed by atoms with E-state index >= 15 is 0 Å². The molecule has 0 aromatic heterocycles. The SMILES string of the molecule is COc1cccc(CNS(=O)(=O)CCNC(=O)c2cccc(OC)c2)c1. The maximum atomic E-state index is 12.1. The summed E-state index contributed by atoms with van der Waals surface area (Å²) >= 11 is 0. The van der Waals surface area contributed by atoms with E-state index in [0.29, 0.717) is 17.1 Å². The first-order chi connectivity index (χ1) is 12.4. The summed E-state index contributed by atoms with van der Waals surface area (Å²) in [5, 5.41) is 2.59. The van der Waals surface area contributed by atoms with Crippen molar-refractivity contribution in [1.82, 2.24) is 10.0 Å². The average Bonchev–Trinajstić information content (AvgIpc) is 2.66. The van der Waals surface area contributed by atoms with Crippen molar-refractivity contribution in [2.75, 3.05) is 26.5 Å². The van der Waals surface area contributed by atoms with Crippen LogP contribution in [0.1, 0.15) is 15.9 Å². The Morgan fingerprint density at radius 1 is 1.00 bits per heavy atom. The fourth-order valence-electron chi connectivity index (χ4n) is 2.21. The van der Waals surface area contributed by atoms with Crippen LogP contribution in [0.3, 0.4) is 0 Å². The Morgan fingerprint density at radius 2 is 1.65 bits per heavy atom. The van der Waals surface area contributed by atoms with Gasteiger partial charge in [-0.1, -0.05) is 18.2 Å². The Labute approximate surface area is 153 Å². The van der Waals surface area contributed by atoms with Gasteiger partial charge in [-0.3, -0.25) is 4.79 Å². The number of hydrogen-bond donors (Lipinski definition) is 2. The summed E-state index contributed by atoms with van der Waals surface area (Å²) in [5.74, 6) is 0.650. The third-order valence-corrected chi connectivity index (χ3v) is 4.94. The van der Waals surface area contributed by atoms with Crippen molar-refractivity contribution in [2.45, 2.75) is 6.54 Å². The van der Waals surface area contributed by atoms with E-state index in [-0.39, 0.29) is 24.7 Å². The van der Waals surface area contributed by atoms with Crippen molar-refractivity contribution in [3.05, 3.63) is 59.7 Å². The molecular weight excluding hydrogens is 356 g/mol. The number of hydrogen-bond acceptors (Lipinski definition) is 5. The summed E-state index contributed by atoms with van der Waals surface area (Å²) in [6.07, 6.45) is 0. The number of methoxy groups -OCH3 is 2. The molecule has 0 saturated heterocycles. The average molecular weight is 378 g/mol. The van der Waals surface area contributed by atoms with Crippen molar-refractivity contribution in [1.29, 1.82) is 0 Å². The van der Waals surface area contributed by atoms with E-state index in [1.807, 2.05) is 0 Å². The van der Waals surface area contributed by atoms with E-state index in [0.717, 1.165) is 5.56 Å². The first-order valence-electron chi connectivity index (χ1n) is 7.96. The normalized spacial score (nSPS) is 11.0. The number of rotatable bonds is 9. The van der Waals surface area contributed by atoms with E-state index in [9.17, 15) is 13.2 Å².